The summed E-state index contributed by atoms with van der Waals surface area (Å²) in [6, 6.07) is 0. The number of aliphatic hydroxyl groups is 2. The van der Waals surface area contributed by atoms with Gasteiger partial charge in [0, 0.05) is 12.5 Å². The average Bonchev–Trinajstić information content (AvgIpc) is 1.88. The van der Waals surface area contributed by atoms with Gasteiger partial charge in [0.25, 0.3) is 0 Å². The molecule has 2 unspecified atom stereocenters. The lowest BCUT2D eigenvalue weighted by atomic mass is 9.93. The molecule has 0 saturated carbocycles. The molecule has 68 valence electrons. The van der Waals surface area contributed by atoms with E-state index in [4.69, 9.17) is 5.11 Å². The lowest BCUT2D eigenvalue weighted by molar-refractivity contribution is 0.0500. The summed E-state index contributed by atoms with van der Waals surface area (Å²) < 4.78 is 0. The molecule has 0 aliphatic heterocycles. The fourth-order valence-corrected chi connectivity index (χ4v) is 1.20. The number of aliphatic hydroxyl groups excluding tert-OH is 2. The van der Waals surface area contributed by atoms with E-state index in [0.29, 0.717) is 5.92 Å². The molecule has 0 radical (unpaired) electrons. The van der Waals surface area contributed by atoms with Crippen LogP contribution in [0.3, 0.4) is 0 Å². The monoisotopic (exact) mass is 160 g/mol. The molecular weight excluding hydrogens is 140 g/mol. The minimum absolute atomic E-state index is 0.0670. The maximum absolute atomic E-state index is 9.52. The van der Waals surface area contributed by atoms with Crippen LogP contribution in [0.25, 0.3) is 0 Å². The summed E-state index contributed by atoms with van der Waals surface area (Å²) in [4.78, 5) is 0. The van der Waals surface area contributed by atoms with Crippen LogP contribution >= 0.6 is 0 Å². The first-order valence-corrected chi connectivity index (χ1v) is 4.40. The Labute approximate surface area is 69.2 Å². The van der Waals surface area contributed by atoms with E-state index >= 15 is 0 Å². The first-order chi connectivity index (χ1) is 5.11. The molecule has 0 amide bonds. The first kappa shape index (κ1) is 10.9. The van der Waals surface area contributed by atoms with Crippen LogP contribution in [0.2, 0.25) is 0 Å². The molecule has 0 aliphatic rings. The van der Waals surface area contributed by atoms with Crippen LogP contribution in [0.15, 0.2) is 0 Å². The fourth-order valence-electron chi connectivity index (χ4n) is 1.20. The predicted octanol–water partition coefficient (Wildman–Crippen LogP) is 1.41. The van der Waals surface area contributed by atoms with Gasteiger partial charge in [0.1, 0.15) is 0 Å². The highest BCUT2D eigenvalue weighted by molar-refractivity contribution is 4.67. The van der Waals surface area contributed by atoms with E-state index in [-0.39, 0.29) is 18.6 Å². The molecule has 0 saturated heterocycles. The van der Waals surface area contributed by atoms with Gasteiger partial charge in [-0.3, -0.25) is 0 Å². The van der Waals surface area contributed by atoms with Gasteiger partial charge in [-0.25, -0.2) is 0 Å². The van der Waals surface area contributed by atoms with Gasteiger partial charge in [0.15, 0.2) is 0 Å². The van der Waals surface area contributed by atoms with E-state index in [2.05, 4.69) is 13.8 Å². The summed E-state index contributed by atoms with van der Waals surface area (Å²) in [5.41, 5.74) is 0. The standard InChI is InChI=1S/C9H20O2/c1-4-8(6-10)9(11)5-7(2)3/h7-11H,4-6H2,1-3H3. The van der Waals surface area contributed by atoms with Crippen molar-refractivity contribution in [2.45, 2.75) is 39.7 Å². The smallest absolute Gasteiger partial charge is 0.0592 e. The zero-order valence-corrected chi connectivity index (χ0v) is 7.75. The molecule has 0 aromatic rings. The van der Waals surface area contributed by atoms with Crippen LogP contribution in [-0.2, 0) is 0 Å². The van der Waals surface area contributed by atoms with E-state index in [9.17, 15) is 5.11 Å². The minimum Gasteiger partial charge on any atom is -0.396 e. The van der Waals surface area contributed by atoms with Gasteiger partial charge in [0.05, 0.1) is 6.10 Å². The second kappa shape index (κ2) is 5.56. The predicted molar refractivity (Wildman–Crippen MR) is 46.3 cm³/mol. The van der Waals surface area contributed by atoms with Gasteiger partial charge >= 0.3 is 0 Å². The topological polar surface area (TPSA) is 40.5 Å². The SMILES string of the molecule is CCC(CO)C(O)CC(C)C. The molecule has 0 bridgehead atoms. The third-order valence-electron chi connectivity index (χ3n) is 2.02. The maximum atomic E-state index is 9.52. The second-order valence-corrected chi connectivity index (χ2v) is 3.55. The molecule has 0 aromatic carbocycles. The van der Waals surface area contributed by atoms with E-state index in [1.165, 1.54) is 0 Å². The van der Waals surface area contributed by atoms with Crippen molar-refractivity contribution in [3.63, 3.8) is 0 Å². The highest BCUT2D eigenvalue weighted by atomic mass is 16.3. The molecule has 2 nitrogen and oxygen atoms in total. The zero-order valence-electron chi connectivity index (χ0n) is 7.75. The molecule has 11 heavy (non-hydrogen) atoms. The highest BCUT2D eigenvalue weighted by Crippen LogP contribution is 2.15. The lowest BCUT2D eigenvalue weighted by Crippen LogP contribution is -2.24. The van der Waals surface area contributed by atoms with E-state index < -0.39 is 0 Å². The van der Waals surface area contributed by atoms with Gasteiger partial charge in [-0.1, -0.05) is 20.8 Å². The van der Waals surface area contributed by atoms with Crippen LogP contribution in [0, 0.1) is 11.8 Å². The minimum atomic E-state index is -0.329. The van der Waals surface area contributed by atoms with Crippen molar-refractivity contribution in [3.05, 3.63) is 0 Å². The highest BCUT2D eigenvalue weighted by Gasteiger charge is 2.16. The summed E-state index contributed by atoms with van der Waals surface area (Å²) in [5.74, 6) is 0.572. The number of hydrogen-bond donors (Lipinski definition) is 2. The molecule has 2 atom stereocenters. The molecular formula is C9H20O2. The molecule has 0 heterocycles. The molecule has 0 rings (SSSR count). The lowest BCUT2D eigenvalue weighted by Gasteiger charge is -2.20. The summed E-state index contributed by atoms with van der Waals surface area (Å²) >= 11 is 0. The molecule has 0 spiro atoms. The summed E-state index contributed by atoms with van der Waals surface area (Å²) in [7, 11) is 0. The summed E-state index contributed by atoms with van der Waals surface area (Å²) in [6.45, 7) is 6.25. The Morgan fingerprint density at radius 3 is 2.09 bits per heavy atom. The zero-order chi connectivity index (χ0) is 8.85. The molecule has 0 aliphatic carbocycles. The third kappa shape index (κ3) is 4.38. The van der Waals surface area contributed by atoms with Crippen LogP contribution in [0.4, 0.5) is 0 Å². The quantitative estimate of drug-likeness (QED) is 0.638. The molecule has 2 N–H and O–H groups in total. The van der Waals surface area contributed by atoms with Crippen LogP contribution in [0.5, 0.6) is 0 Å². The van der Waals surface area contributed by atoms with Crippen LogP contribution in [-0.4, -0.2) is 22.9 Å². The fraction of sp³-hybridized carbons (Fsp3) is 1.00. The Bertz CT molecular complexity index is 87.6. The van der Waals surface area contributed by atoms with E-state index in [1.807, 2.05) is 6.92 Å². The largest absolute Gasteiger partial charge is 0.396 e. The van der Waals surface area contributed by atoms with Crippen molar-refractivity contribution in [3.8, 4) is 0 Å². The van der Waals surface area contributed by atoms with Crippen LogP contribution in [0.1, 0.15) is 33.6 Å². The van der Waals surface area contributed by atoms with Gasteiger partial charge in [-0.05, 0) is 18.8 Å². The van der Waals surface area contributed by atoms with Gasteiger partial charge in [0.2, 0.25) is 0 Å². The second-order valence-electron chi connectivity index (χ2n) is 3.55. The Kier molecular flexibility index (Phi) is 5.51. The van der Waals surface area contributed by atoms with Crippen molar-refractivity contribution in [2.75, 3.05) is 6.61 Å². The van der Waals surface area contributed by atoms with Crippen molar-refractivity contribution in [2.24, 2.45) is 11.8 Å². The number of rotatable bonds is 5. The normalized spacial score (nSPS) is 16.9. The number of hydrogen-bond acceptors (Lipinski definition) is 2. The average molecular weight is 160 g/mol. The maximum Gasteiger partial charge on any atom is 0.0592 e. The Hall–Kier alpha value is -0.0800. The van der Waals surface area contributed by atoms with Crippen molar-refractivity contribution >= 4 is 0 Å². The summed E-state index contributed by atoms with van der Waals surface area (Å²) in [6.07, 6.45) is 1.31. The van der Waals surface area contributed by atoms with Crippen molar-refractivity contribution < 1.29 is 10.2 Å². The Morgan fingerprint density at radius 2 is 1.82 bits per heavy atom. The molecule has 0 aromatic heterocycles. The van der Waals surface area contributed by atoms with E-state index in [0.717, 1.165) is 12.8 Å². The molecule has 0 fully saturated rings. The van der Waals surface area contributed by atoms with Crippen molar-refractivity contribution in [1.82, 2.24) is 0 Å². The van der Waals surface area contributed by atoms with Gasteiger partial charge in [-0.2, -0.15) is 0 Å². The first-order valence-electron chi connectivity index (χ1n) is 4.40. The molecule has 2 heteroatoms. The van der Waals surface area contributed by atoms with Gasteiger partial charge < -0.3 is 10.2 Å². The third-order valence-corrected chi connectivity index (χ3v) is 2.02. The van der Waals surface area contributed by atoms with Crippen LogP contribution < -0.4 is 0 Å². The van der Waals surface area contributed by atoms with Gasteiger partial charge in [-0.15, -0.1) is 0 Å². The Balaban J connectivity index is 3.68. The van der Waals surface area contributed by atoms with E-state index in [1.54, 1.807) is 0 Å². The Morgan fingerprint density at radius 1 is 1.27 bits per heavy atom. The summed E-state index contributed by atoms with van der Waals surface area (Å²) in [5, 5.41) is 18.4. The van der Waals surface area contributed by atoms with Crippen molar-refractivity contribution in [1.29, 1.82) is 0 Å².